The number of carbonyl (C=O) groups excluding carboxylic acids is 2. The zero-order valence-electron chi connectivity index (χ0n) is 9.85. The van der Waals surface area contributed by atoms with E-state index in [0.29, 0.717) is 0 Å². The Hall–Kier alpha value is -2.00. The first-order valence-corrected chi connectivity index (χ1v) is 5.99. The van der Waals surface area contributed by atoms with Crippen LogP contribution in [-0.2, 0) is 0 Å². The van der Waals surface area contributed by atoms with Crippen LogP contribution in [0.25, 0.3) is 0 Å². The molecule has 0 aromatic heterocycles. The summed E-state index contributed by atoms with van der Waals surface area (Å²) in [5.41, 5.74) is 0.119. The zero-order valence-corrected chi connectivity index (χ0v) is 10.6. The number of hydrogen-bond donors (Lipinski definition) is 0. The second kappa shape index (κ2) is 5.33. The lowest BCUT2D eigenvalue weighted by Gasteiger charge is -2.15. The van der Waals surface area contributed by atoms with Gasteiger partial charge in [0.1, 0.15) is 0 Å². The SMILES string of the molecule is O=C(c1ccccc1)C(F)(Cl)C(=O)c1ccccc1. The van der Waals surface area contributed by atoms with Crippen LogP contribution in [0.3, 0.4) is 0 Å². The summed E-state index contributed by atoms with van der Waals surface area (Å²) in [5.74, 6) is -2.10. The van der Waals surface area contributed by atoms with Crippen LogP contribution in [0.5, 0.6) is 0 Å². The Morgan fingerprint density at radius 3 is 1.42 bits per heavy atom. The highest BCUT2D eigenvalue weighted by molar-refractivity contribution is 6.49. The monoisotopic (exact) mass is 276 g/mol. The van der Waals surface area contributed by atoms with Crippen molar-refractivity contribution in [1.82, 2.24) is 0 Å². The normalized spacial score (nSPS) is 11.1. The molecule has 0 aliphatic rings. The molecule has 2 aromatic carbocycles. The number of ketones is 2. The average molecular weight is 277 g/mol. The lowest BCUT2D eigenvalue weighted by Crippen LogP contribution is -2.36. The second-order valence-corrected chi connectivity index (χ2v) is 4.49. The van der Waals surface area contributed by atoms with Gasteiger partial charge >= 0.3 is 5.13 Å². The molecule has 0 aliphatic heterocycles. The Bertz CT molecular complexity index is 541. The molecule has 0 heterocycles. The van der Waals surface area contributed by atoms with Crippen LogP contribution in [0.15, 0.2) is 60.7 Å². The minimum atomic E-state index is -3.08. The molecular weight excluding hydrogens is 267 g/mol. The molecule has 0 bridgehead atoms. The van der Waals surface area contributed by atoms with Gasteiger partial charge in [0.2, 0.25) is 11.6 Å². The van der Waals surface area contributed by atoms with Crippen molar-refractivity contribution >= 4 is 23.2 Å². The van der Waals surface area contributed by atoms with Crippen molar-refractivity contribution in [3.8, 4) is 0 Å². The molecular formula is C15H10ClFO2. The van der Waals surface area contributed by atoms with Crippen molar-refractivity contribution < 1.29 is 14.0 Å². The van der Waals surface area contributed by atoms with Gasteiger partial charge in [-0.05, 0) is 0 Å². The number of alkyl halides is 2. The molecule has 0 saturated heterocycles. The van der Waals surface area contributed by atoms with E-state index in [1.165, 1.54) is 24.3 Å². The van der Waals surface area contributed by atoms with Crippen molar-refractivity contribution in [1.29, 1.82) is 0 Å². The third kappa shape index (κ3) is 2.71. The largest absolute Gasteiger partial charge is 0.308 e. The predicted molar refractivity (Wildman–Crippen MR) is 71.2 cm³/mol. The van der Waals surface area contributed by atoms with Crippen LogP contribution in [-0.4, -0.2) is 16.7 Å². The maximum atomic E-state index is 14.3. The molecule has 2 aromatic rings. The van der Waals surface area contributed by atoms with E-state index >= 15 is 0 Å². The average Bonchev–Trinajstić information content (AvgIpc) is 2.47. The quantitative estimate of drug-likeness (QED) is 0.485. The fourth-order valence-corrected chi connectivity index (χ4v) is 1.86. The van der Waals surface area contributed by atoms with Crippen LogP contribution in [0.1, 0.15) is 20.7 Å². The number of rotatable bonds is 4. The second-order valence-electron chi connectivity index (χ2n) is 3.96. The highest BCUT2D eigenvalue weighted by atomic mass is 35.5. The van der Waals surface area contributed by atoms with Gasteiger partial charge in [-0.3, -0.25) is 9.59 Å². The Morgan fingerprint density at radius 1 is 0.789 bits per heavy atom. The number of hydrogen-bond acceptors (Lipinski definition) is 2. The molecule has 19 heavy (non-hydrogen) atoms. The minimum Gasteiger partial charge on any atom is -0.289 e. The summed E-state index contributed by atoms with van der Waals surface area (Å²) in [7, 11) is 0. The lowest BCUT2D eigenvalue weighted by atomic mass is 9.99. The molecule has 96 valence electrons. The third-order valence-corrected chi connectivity index (χ3v) is 2.99. The van der Waals surface area contributed by atoms with Gasteiger partial charge in [-0.25, -0.2) is 4.39 Å². The minimum absolute atomic E-state index is 0.0595. The van der Waals surface area contributed by atoms with Gasteiger partial charge in [0, 0.05) is 11.1 Å². The topological polar surface area (TPSA) is 34.1 Å². The van der Waals surface area contributed by atoms with Crippen LogP contribution in [0.4, 0.5) is 4.39 Å². The van der Waals surface area contributed by atoms with Gasteiger partial charge < -0.3 is 0 Å². The maximum Gasteiger partial charge on any atom is 0.308 e. The maximum absolute atomic E-state index is 14.3. The van der Waals surface area contributed by atoms with Crippen LogP contribution < -0.4 is 0 Å². The fraction of sp³-hybridized carbons (Fsp3) is 0.0667. The number of halogens is 2. The van der Waals surface area contributed by atoms with E-state index in [9.17, 15) is 14.0 Å². The van der Waals surface area contributed by atoms with E-state index in [1.54, 1.807) is 36.4 Å². The smallest absolute Gasteiger partial charge is 0.289 e. The van der Waals surface area contributed by atoms with Crippen molar-refractivity contribution in [3.63, 3.8) is 0 Å². The Kier molecular flexibility index (Phi) is 3.76. The summed E-state index contributed by atoms with van der Waals surface area (Å²) in [4.78, 5) is 23.9. The van der Waals surface area contributed by atoms with Crippen molar-refractivity contribution in [3.05, 3.63) is 71.8 Å². The first-order chi connectivity index (χ1) is 9.03. The molecule has 0 atom stereocenters. The van der Waals surface area contributed by atoms with Crippen LogP contribution in [0, 0.1) is 0 Å². The Balaban J connectivity index is 2.33. The van der Waals surface area contributed by atoms with Crippen molar-refractivity contribution in [2.75, 3.05) is 0 Å². The van der Waals surface area contributed by atoms with Gasteiger partial charge in [0.05, 0.1) is 0 Å². The molecule has 0 radical (unpaired) electrons. The number of benzene rings is 2. The van der Waals surface area contributed by atoms with Gasteiger partial charge in [0.15, 0.2) is 0 Å². The Morgan fingerprint density at radius 2 is 1.11 bits per heavy atom. The van der Waals surface area contributed by atoms with Crippen LogP contribution in [0.2, 0.25) is 0 Å². The molecule has 0 spiro atoms. The van der Waals surface area contributed by atoms with Crippen LogP contribution >= 0.6 is 11.6 Å². The highest BCUT2D eigenvalue weighted by Crippen LogP contribution is 2.27. The first kappa shape index (κ1) is 13.4. The summed E-state index contributed by atoms with van der Waals surface area (Å²) < 4.78 is 14.3. The molecule has 4 heteroatoms. The molecule has 2 rings (SSSR count). The number of carbonyl (C=O) groups is 2. The van der Waals surface area contributed by atoms with Gasteiger partial charge in [-0.1, -0.05) is 72.3 Å². The molecule has 0 saturated carbocycles. The van der Waals surface area contributed by atoms with E-state index in [1.807, 2.05) is 0 Å². The summed E-state index contributed by atoms with van der Waals surface area (Å²) in [5, 5.41) is -3.08. The van der Waals surface area contributed by atoms with E-state index in [-0.39, 0.29) is 11.1 Å². The van der Waals surface area contributed by atoms with Crippen molar-refractivity contribution in [2.24, 2.45) is 0 Å². The van der Waals surface area contributed by atoms with E-state index in [0.717, 1.165) is 0 Å². The van der Waals surface area contributed by atoms with Gasteiger partial charge in [-0.2, -0.15) is 0 Å². The van der Waals surface area contributed by atoms with E-state index in [4.69, 9.17) is 11.6 Å². The van der Waals surface area contributed by atoms with Crippen molar-refractivity contribution in [2.45, 2.75) is 5.13 Å². The summed E-state index contributed by atoms with van der Waals surface area (Å²) >= 11 is 5.54. The Labute approximate surface area is 114 Å². The number of Topliss-reactive ketones (excluding diaryl/α,β-unsaturated/α-hetero) is 2. The predicted octanol–water partition coefficient (Wildman–Crippen LogP) is 3.66. The summed E-state index contributed by atoms with van der Waals surface area (Å²) in [6.45, 7) is 0. The molecule has 0 amide bonds. The standard InChI is InChI=1S/C15H10ClFO2/c16-15(17,13(18)11-7-3-1-4-8-11)14(19)12-9-5-2-6-10-12/h1-10H. The third-order valence-electron chi connectivity index (χ3n) is 2.64. The summed E-state index contributed by atoms with van der Waals surface area (Å²) in [6.07, 6.45) is 0. The van der Waals surface area contributed by atoms with Gasteiger partial charge in [-0.15, -0.1) is 0 Å². The zero-order chi connectivity index (χ0) is 13.9. The molecule has 0 unspecified atom stereocenters. The lowest BCUT2D eigenvalue weighted by molar-refractivity contribution is 0.0704. The molecule has 0 N–H and O–H groups in total. The van der Waals surface area contributed by atoms with Gasteiger partial charge in [0.25, 0.3) is 0 Å². The van der Waals surface area contributed by atoms with E-state index < -0.39 is 16.7 Å². The molecule has 0 fully saturated rings. The first-order valence-electron chi connectivity index (χ1n) is 5.61. The molecule has 0 aliphatic carbocycles. The summed E-state index contributed by atoms with van der Waals surface area (Å²) in [6, 6.07) is 15.3. The van der Waals surface area contributed by atoms with E-state index in [2.05, 4.69) is 0 Å². The molecule has 2 nitrogen and oxygen atoms in total. The highest BCUT2D eigenvalue weighted by Gasteiger charge is 2.45. The fourth-order valence-electron chi connectivity index (χ4n) is 1.64.